The summed E-state index contributed by atoms with van der Waals surface area (Å²) in [4.78, 5) is 2.42. The smallest absolute Gasteiger partial charge is 0.107 e. The van der Waals surface area contributed by atoms with Crippen molar-refractivity contribution in [2.24, 2.45) is 0 Å². The van der Waals surface area contributed by atoms with Crippen LogP contribution in [0.4, 0.5) is 0 Å². The van der Waals surface area contributed by atoms with Crippen LogP contribution in [0.3, 0.4) is 0 Å². The molecule has 0 radical (unpaired) electrons. The van der Waals surface area contributed by atoms with Crippen LogP contribution < -0.4 is 5.32 Å². The fraction of sp³-hybridized carbons (Fsp3) is 1.00. The van der Waals surface area contributed by atoms with E-state index in [-0.39, 0.29) is 11.2 Å². The van der Waals surface area contributed by atoms with Crippen molar-refractivity contribution in [2.45, 2.75) is 32.0 Å². The van der Waals surface area contributed by atoms with E-state index in [0.29, 0.717) is 0 Å². The summed E-state index contributed by atoms with van der Waals surface area (Å²) >= 11 is 0. The van der Waals surface area contributed by atoms with Crippen LogP contribution in [0.1, 0.15) is 20.8 Å². The standard InChI is InChI=1S/C10H20N2O/c1-4-12-7-10(8-12)6-11-5-9(2,3)13-10/h11H,4-8H2,1-3H3. The number of hydrogen-bond acceptors (Lipinski definition) is 3. The van der Waals surface area contributed by atoms with Gasteiger partial charge in [0.15, 0.2) is 0 Å². The maximum absolute atomic E-state index is 6.13. The maximum Gasteiger partial charge on any atom is 0.107 e. The molecule has 0 aromatic carbocycles. The zero-order chi connectivity index (χ0) is 9.53. The summed E-state index contributed by atoms with van der Waals surface area (Å²) in [6, 6.07) is 0. The monoisotopic (exact) mass is 184 g/mol. The third-order valence-corrected chi connectivity index (χ3v) is 2.96. The van der Waals surface area contributed by atoms with E-state index in [9.17, 15) is 0 Å². The Balaban J connectivity index is 1.94. The van der Waals surface area contributed by atoms with E-state index in [4.69, 9.17) is 4.74 Å². The first kappa shape index (κ1) is 9.44. The van der Waals surface area contributed by atoms with Crippen molar-refractivity contribution in [2.75, 3.05) is 32.7 Å². The number of likely N-dealkylation sites (N-methyl/N-ethyl adjacent to an activating group) is 1. The highest BCUT2D eigenvalue weighted by atomic mass is 16.5. The normalized spacial score (nSPS) is 31.6. The van der Waals surface area contributed by atoms with Gasteiger partial charge >= 0.3 is 0 Å². The number of rotatable bonds is 1. The molecule has 2 heterocycles. The van der Waals surface area contributed by atoms with Gasteiger partial charge in [-0.3, -0.25) is 4.90 Å². The van der Waals surface area contributed by atoms with E-state index in [1.54, 1.807) is 0 Å². The number of nitrogens with zero attached hydrogens (tertiary/aromatic N) is 1. The summed E-state index contributed by atoms with van der Waals surface area (Å²) in [6.45, 7) is 11.9. The molecule has 2 saturated heterocycles. The first-order valence-corrected chi connectivity index (χ1v) is 5.19. The van der Waals surface area contributed by atoms with Gasteiger partial charge < -0.3 is 10.1 Å². The SMILES string of the molecule is CCN1CC2(CNCC(C)(C)O2)C1. The van der Waals surface area contributed by atoms with Crippen LogP contribution >= 0.6 is 0 Å². The van der Waals surface area contributed by atoms with E-state index in [1.165, 1.54) is 0 Å². The number of ether oxygens (including phenoxy) is 1. The predicted octanol–water partition coefficient (Wildman–Crippen LogP) is 0.459. The van der Waals surface area contributed by atoms with Gasteiger partial charge in [-0.1, -0.05) is 6.92 Å². The molecule has 0 amide bonds. The Morgan fingerprint density at radius 3 is 2.54 bits per heavy atom. The molecular weight excluding hydrogens is 164 g/mol. The van der Waals surface area contributed by atoms with Gasteiger partial charge in [-0.15, -0.1) is 0 Å². The van der Waals surface area contributed by atoms with Crippen molar-refractivity contribution in [3.63, 3.8) is 0 Å². The lowest BCUT2D eigenvalue weighted by Gasteiger charge is -2.55. The Morgan fingerprint density at radius 2 is 2.00 bits per heavy atom. The molecule has 76 valence electrons. The van der Waals surface area contributed by atoms with Crippen LogP contribution in [0.2, 0.25) is 0 Å². The fourth-order valence-electron chi connectivity index (χ4n) is 2.42. The molecule has 2 fully saturated rings. The average Bonchev–Trinajstić information content (AvgIpc) is 1.97. The summed E-state index contributed by atoms with van der Waals surface area (Å²) in [5.41, 5.74) is 0.135. The third kappa shape index (κ3) is 1.73. The fourth-order valence-corrected chi connectivity index (χ4v) is 2.42. The molecule has 0 unspecified atom stereocenters. The second kappa shape index (κ2) is 2.94. The summed E-state index contributed by atoms with van der Waals surface area (Å²) in [6.07, 6.45) is 0. The van der Waals surface area contributed by atoms with E-state index in [2.05, 4.69) is 31.0 Å². The first-order valence-electron chi connectivity index (χ1n) is 5.19. The van der Waals surface area contributed by atoms with Crippen molar-refractivity contribution in [3.05, 3.63) is 0 Å². The zero-order valence-electron chi connectivity index (χ0n) is 8.89. The molecule has 0 aromatic heterocycles. The van der Waals surface area contributed by atoms with Crippen molar-refractivity contribution >= 4 is 0 Å². The number of likely N-dealkylation sites (tertiary alicyclic amines) is 1. The lowest BCUT2D eigenvalue weighted by Crippen LogP contribution is -2.72. The molecular formula is C10H20N2O. The van der Waals surface area contributed by atoms with Crippen LogP contribution in [0.25, 0.3) is 0 Å². The van der Waals surface area contributed by atoms with Crippen LogP contribution in [0.5, 0.6) is 0 Å². The highest BCUT2D eigenvalue weighted by molar-refractivity contribution is 5.03. The minimum absolute atomic E-state index is 0.0120. The van der Waals surface area contributed by atoms with Crippen molar-refractivity contribution in [1.29, 1.82) is 0 Å². The molecule has 0 aromatic rings. The molecule has 3 heteroatoms. The van der Waals surface area contributed by atoms with E-state index in [0.717, 1.165) is 32.7 Å². The highest BCUT2D eigenvalue weighted by Gasteiger charge is 2.48. The summed E-state index contributed by atoms with van der Waals surface area (Å²) < 4.78 is 6.13. The molecule has 1 N–H and O–H groups in total. The lowest BCUT2D eigenvalue weighted by atomic mass is 9.90. The summed E-state index contributed by atoms with van der Waals surface area (Å²) in [5, 5.41) is 3.46. The zero-order valence-corrected chi connectivity index (χ0v) is 8.89. The Bertz CT molecular complexity index is 197. The van der Waals surface area contributed by atoms with Crippen LogP contribution in [0.15, 0.2) is 0 Å². The second-order valence-corrected chi connectivity index (χ2v) is 4.95. The second-order valence-electron chi connectivity index (χ2n) is 4.95. The van der Waals surface area contributed by atoms with Gasteiger partial charge in [0.05, 0.1) is 5.60 Å². The van der Waals surface area contributed by atoms with Gasteiger partial charge in [0.25, 0.3) is 0 Å². The molecule has 2 aliphatic heterocycles. The molecule has 1 spiro atoms. The lowest BCUT2D eigenvalue weighted by molar-refractivity contribution is -0.219. The van der Waals surface area contributed by atoms with Gasteiger partial charge in [-0.05, 0) is 20.4 Å². The minimum atomic E-state index is 0.0120. The molecule has 13 heavy (non-hydrogen) atoms. The number of hydrogen-bond donors (Lipinski definition) is 1. The minimum Gasteiger partial charge on any atom is -0.364 e. The molecule has 2 rings (SSSR count). The van der Waals surface area contributed by atoms with E-state index in [1.807, 2.05) is 0 Å². The third-order valence-electron chi connectivity index (χ3n) is 2.96. The van der Waals surface area contributed by atoms with Crippen molar-refractivity contribution in [1.82, 2.24) is 10.2 Å². The molecule has 0 atom stereocenters. The maximum atomic E-state index is 6.13. The van der Waals surface area contributed by atoms with Crippen LogP contribution in [-0.4, -0.2) is 48.8 Å². The molecule has 0 bridgehead atoms. The average molecular weight is 184 g/mol. The van der Waals surface area contributed by atoms with Gasteiger partial charge in [0.1, 0.15) is 5.60 Å². The Labute approximate surface area is 80.4 Å². The van der Waals surface area contributed by atoms with Crippen molar-refractivity contribution < 1.29 is 4.74 Å². The van der Waals surface area contributed by atoms with Gasteiger partial charge in [-0.2, -0.15) is 0 Å². The largest absolute Gasteiger partial charge is 0.364 e. The van der Waals surface area contributed by atoms with E-state index < -0.39 is 0 Å². The van der Waals surface area contributed by atoms with Crippen molar-refractivity contribution in [3.8, 4) is 0 Å². The summed E-state index contributed by atoms with van der Waals surface area (Å²) in [7, 11) is 0. The number of nitrogens with one attached hydrogen (secondary N) is 1. The first-order chi connectivity index (χ1) is 6.05. The van der Waals surface area contributed by atoms with Gasteiger partial charge in [0, 0.05) is 26.2 Å². The highest BCUT2D eigenvalue weighted by Crippen LogP contribution is 2.31. The molecule has 2 aliphatic rings. The van der Waals surface area contributed by atoms with E-state index >= 15 is 0 Å². The number of morpholine rings is 1. The van der Waals surface area contributed by atoms with Crippen LogP contribution in [0, 0.1) is 0 Å². The Hall–Kier alpha value is -0.120. The summed E-state index contributed by atoms with van der Waals surface area (Å²) in [5.74, 6) is 0. The molecule has 0 aliphatic carbocycles. The van der Waals surface area contributed by atoms with Gasteiger partial charge in [0.2, 0.25) is 0 Å². The van der Waals surface area contributed by atoms with Gasteiger partial charge in [-0.25, -0.2) is 0 Å². The molecule has 3 nitrogen and oxygen atoms in total. The Morgan fingerprint density at radius 1 is 1.31 bits per heavy atom. The molecule has 0 saturated carbocycles. The predicted molar refractivity (Wildman–Crippen MR) is 52.9 cm³/mol. The Kier molecular flexibility index (Phi) is 2.13. The quantitative estimate of drug-likeness (QED) is 0.641. The van der Waals surface area contributed by atoms with Crippen LogP contribution in [-0.2, 0) is 4.74 Å². The topological polar surface area (TPSA) is 24.5 Å².